The van der Waals surface area contributed by atoms with Crippen LogP contribution in [0.3, 0.4) is 0 Å². The Bertz CT molecular complexity index is 532. The molecule has 1 nitrogen and oxygen atoms in total. The first-order valence-electron chi connectivity index (χ1n) is 6.60. The lowest BCUT2D eigenvalue weighted by atomic mass is 9.71. The van der Waals surface area contributed by atoms with Crippen LogP contribution < -0.4 is 5.73 Å². The van der Waals surface area contributed by atoms with Crippen LogP contribution in [0.25, 0.3) is 0 Å². The minimum atomic E-state index is -0.173. The molecule has 0 saturated carbocycles. The summed E-state index contributed by atoms with van der Waals surface area (Å²) in [7, 11) is 0. The van der Waals surface area contributed by atoms with Gasteiger partial charge in [-0.15, -0.1) is 11.3 Å². The third-order valence-electron chi connectivity index (χ3n) is 4.12. The fraction of sp³-hybridized carbons (Fsp3) is 0.375. The van der Waals surface area contributed by atoms with Gasteiger partial charge in [0, 0.05) is 16.8 Å². The molecule has 2 atom stereocenters. The van der Waals surface area contributed by atoms with E-state index in [1.807, 2.05) is 11.3 Å². The smallest absolute Gasteiger partial charge is 0.0461 e. The molecule has 1 aliphatic carbocycles. The number of hydrogen-bond acceptors (Lipinski definition) is 2. The quantitative estimate of drug-likeness (QED) is 0.863. The Morgan fingerprint density at radius 2 is 2.11 bits per heavy atom. The van der Waals surface area contributed by atoms with Gasteiger partial charge in [0.2, 0.25) is 0 Å². The molecule has 2 aromatic rings. The lowest BCUT2D eigenvalue weighted by molar-refractivity contribution is 0.351. The average Bonchev–Trinajstić information content (AvgIpc) is 2.87. The number of nitrogens with two attached hydrogens (primary N) is 1. The summed E-state index contributed by atoms with van der Waals surface area (Å²) in [5.74, 6) is 0.640. The van der Waals surface area contributed by atoms with Gasteiger partial charge in [-0.05, 0) is 41.3 Å². The van der Waals surface area contributed by atoms with E-state index in [1.165, 1.54) is 22.4 Å². The van der Waals surface area contributed by atoms with E-state index < -0.39 is 0 Å². The van der Waals surface area contributed by atoms with Crippen LogP contribution in [-0.2, 0) is 12.0 Å². The second-order valence-corrected chi connectivity index (χ2v) is 6.47. The Balaban J connectivity index is 2.00. The Morgan fingerprint density at radius 3 is 2.89 bits per heavy atom. The molecule has 18 heavy (non-hydrogen) atoms. The zero-order chi connectivity index (χ0) is 12.6. The van der Waals surface area contributed by atoms with Gasteiger partial charge in [0.1, 0.15) is 0 Å². The number of benzene rings is 1. The summed E-state index contributed by atoms with van der Waals surface area (Å²) in [6, 6.07) is 13.0. The maximum atomic E-state index is 6.73. The summed E-state index contributed by atoms with van der Waals surface area (Å²) >= 11 is 1.81. The minimum Gasteiger partial charge on any atom is -0.321 e. The molecule has 3 rings (SSSR count). The SMILES string of the molecule is CC1CCC(N)(Cc2cccs2)c2ccccc21. The topological polar surface area (TPSA) is 26.0 Å². The molecular weight excluding hydrogens is 238 g/mol. The zero-order valence-electron chi connectivity index (χ0n) is 10.7. The van der Waals surface area contributed by atoms with E-state index in [0.717, 1.165) is 12.8 Å². The summed E-state index contributed by atoms with van der Waals surface area (Å²) in [6.45, 7) is 2.31. The van der Waals surface area contributed by atoms with E-state index >= 15 is 0 Å². The van der Waals surface area contributed by atoms with Gasteiger partial charge in [0.25, 0.3) is 0 Å². The summed E-state index contributed by atoms with van der Waals surface area (Å²) in [6.07, 6.45) is 3.25. The zero-order valence-corrected chi connectivity index (χ0v) is 11.5. The highest BCUT2D eigenvalue weighted by Crippen LogP contribution is 2.41. The molecule has 0 bridgehead atoms. The average molecular weight is 257 g/mol. The van der Waals surface area contributed by atoms with Crippen molar-refractivity contribution in [2.24, 2.45) is 5.73 Å². The molecule has 0 radical (unpaired) electrons. The molecule has 1 heterocycles. The van der Waals surface area contributed by atoms with Gasteiger partial charge in [-0.25, -0.2) is 0 Å². The van der Waals surface area contributed by atoms with Crippen molar-refractivity contribution in [2.45, 2.75) is 37.6 Å². The second-order valence-electron chi connectivity index (χ2n) is 5.44. The van der Waals surface area contributed by atoms with Gasteiger partial charge in [-0.1, -0.05) is 37.3 Å². The van der Waals surface area contributed by atoms with Gasteiger partial charge in [0.05, 0.1) is 0 Å². The normalized spacial score (nSPS) is 26.9. The Labute approximate surface area is 113 Å². The lowest BCUT2D eigenvalue weighted by Crippen LogP contribution is -2.42. The molecule has 2 N–H and O–H groups in total. The van der Waals surface area contributed by atoms with Crippen LogP contribution in [-0.4, -0.2) is 0 Å². The molecule has 0 fully saturated rings. The fourth-order valence-electron chi connectivity index (χ4n) is 3.05. The van der Waals surface area contributed by atoms with Gasteiger partial charge >= 0.3 is 0 Å². The van der Waals surface area contributed by atoms with Crippen LogP contribution in [0.5, 0.6) is 0 Å². The molecule has 1 aromatic heterocycles. The molecular formula is C16H19NS. The highest BCUT2D eigenvalue weighted by molar-refractivity contribution is 7.09. The molecule has 0 saturated heterocycles. The second kappa shape index (κ2) is 4.52. The molecule has 94 valence electrons. The highest BCUT2D eigenvalue weighted by atomic mass is 32.1. The molecule has 0 aliphatic heterocycles. The molecule has 0 amide bonds. The maximum Gasteiger partial charge on any atom is 0.0461 e. The number of fused-ring (bicyclic) bond motifs is 1. The lowest BCUT2D eigenvalue weighted by Gasteiger charge is -2.38. The first-order chi connectivity index (χ1) is 8.69. The molecule has 2 heteroatoms. The summed E-state index contributed by atoms with van der Waals surface area (Å²) in [5, 5.41) is 2.13. The van der Waals surface area contributed by atoms with E-state index in [0.29, 0.717) is 5.92 Å². The Kier molecular flexibility index (Phi) is 3.00. The molecule has 1 aliphatic rings. The Morgan fingerprint density at radius 1 is 1.28 bits per heavy atom. The van der Waals surface area contributed by atoms with Crippen LogP contribution in [0.4, 0.5) is 0 Å². The van der Waals surface area contributed by atoms with E-state index in [-0.39, 0.29) is 5.54 Å². The van der Waals surface area contributed by atoms with E-state index in [9.17, 15) is 0 Å². The number of thiophene rings is 1. The first-order valence-corrected chi connectivity index (χ1v) is 7.48. The van der Waals surface area contributed by atoms with Crippen molar-refractivity contribution in [1.82, 2.24) is 0 Å². The number of hydrogen-bond donors (Lipinski definition) is 1. The predicted octanol–water partition coefficient (Wildman–Crippen LogP) is 4.04. The molecule has 2 unspecified atom stereocenters. The van der Waals surface area contributed by atoms with Crippen LogP contribution in [0.2, 0.25) is 0 Å². The minimum absolute atomic E-state index is 0.173. The maximum absolute atomic E-state index is 6.73. The summed E-state index contributed by atoms with van der Waals surface area (Å²) in [5.41, 5.74) is 9.36. The van der Waals surface area contributed by atoms with Crippen LogP contribution in [0, 0.1) is 0 Å². The van der Waals surface area contributed by atoms with E-state index in [4.69, 9.17) is 5.73 Å². The number of rotatable bonds is 2. The highest BCUT2D eigenvalue weighted by Gasteiger charge is 2.35. The monoisotopic (exact) mass is 257 g/mol. The van der Waals surface area contributed by atoms with Gasteiger partial charge < -0.3 is 5.73 Å². The van der Waals surface area contributed by atoms with Crippen molar-refractivity contribution >= 4 is 11.3 Å². The predicted molar refractivity (Wildman–Crippen MR) is 78.0 cm³/mol. The van der Waals surface area contributed by atoms with Crippen molar-refractivity contribution in [3.8, 4) is 0 Å². The van der Waals surface area contributed by atoms with Crippen molar-refractivity contribution in [3.63, 3.8) is 0 Å². The van der Waals surface area contributed by atoms with Crippen LogP contribution in [0.15, 0.2) is 41.8 Å². The fourth-order valence-corrected chi connectivity index (χ4v) is 3.88. The van der Waals surface area contributed by atoms with Gasteiger partial charge in [-0.3, -0.25) is 0 Å². The van der Waals surface area contributed by atoms with Crippen LogP contribution >= 0.6 is 11.3 Å². The van der Waals surface area contributed by atoms with Gasteiger partial charge in [-0.2, -0.15) is 0 Å². The standard InChI is InChI=1S/C16H19NS/c1-12-8-9-16(17,11-13-5-4-10-18-13)15-7-3-2-6-14(12)15/h2-7,10,12H,8-9,11,17H2,1H3. The summed E-state index contributed by atoms with van der Waals surface area (Å²) in [4.78, 5) is 1.39. The third-order valence-corrected chi connectivity index (χ3v) is 5.00. The van der Waals surface area contributed by atoms with E-state index in [1.54, 1.807) is 0 Å². The van der Waals surface area contributed by atoms with Crippen molar-refractivity contribution in [3.05, 3.63) is 57.8 Å². The van der Waals surface area contributed by atoms with E-state index in [2.05, 4.69) is 48.7 Å². The van der Waals surface area contributed by atoms with Crippen molar-refractivity contribution in [2.75, 3.05) is 0 Å². The summed E-state index contributed by atoms with van der Waals surface area (Å²) < 4.78 is 0. The molecule has 1 aromatic carbocycles. The van der Waals surface area contributed by atoms with Gasteiger partial charge in [0.15, 0.2) is 0 Å². The largest absolute Gasteiger partial charge is 0.321 e. The van der Waals surface area contributed by atoms with Crippen LogP contribution in [0.1, 0.15) is 41.7 Å². The molecule has 0 spiro atoms. The van der Waals surface area contributed by atoms with Crippen molar-refractivity contribution < 1.29 is 0 Å². The third kappa shape index (κ3) is 2.00. The Hall–Kier alpha value is -1.12. The van der Waals surface area contributed by atoms with Crippen molar-refractivity contribution in [1.29, 1.82) is 0 Å². The first kappa shape index (κ1) is 11.9.